The zero-order chi connectivity index (χ0) is 13.4. The Morgan fingerprint density at radius 2 is 2.00 bits per heavy atom. The number of para-hydroxylation sites is 1. The maximum Gasteiger partial charge on any atom is 0.169 e. The molecule has 0 unspecified atom stereocenters. The standard InChI is InChI=1S/C14H12BrN3O/c1-9-4-2-3-5-11(9)18-8-10(16)14(17-18)12-6-7-13(15)19-12/h2-8H,16H2,1H3. The van der Waals surface area contributed by atoms with Crippen LogP contribution in [0.3, 0.4) is 0 Å². The Balaban J connectivity index is 2.10. The number of anilines is 1. The fraction of sp³-hybridized carbons (Fsp3) is 0.0714. The van der Waals surface area contributed by atoms with Crippen LogP contribution in [-0.4, -0.2) is 9.78 Å². The molecular weight excluding hydrogens is 306 g/mol. The number of nitrogens with zero attached hydrogens (tertiary/aromatic N) is 2. The first-order valence-electron chi connectivity index (χ1n) is 5.82. The first-order valence-corrected chi connectivity index (χ1v) is 6.61. The lowest BCUT2D eigenvalue weighted by atomic mass is 10.2. The largest absolute Gasteiger partial charge is 0.448 e. The molecule has 0 saturated heterocycles. The summed E-state index contributed by atoms with van der Waals surface area (Å²) in [5.74, 6) is 0.650. The van der Waals surface area contributed by atoms with Crippen molar-refractivity contribution in [1.82, 2.24) is 9.78 Å². The van der Waals surface area contributed by atoms with Gasteiger partial charge in [0.25, 0.3) is 0 Å². The third kappa shape index (κ3) is 2.17. The van der Waals surface area contributed by atoms with E-state index in [0.717, 1.165) is 11.3 Å². The van der Waals surface area contributed by atoms with Crippen molar-refractivity contribution >= 4 is 21.6 Å². The van der Waals surface area contributed by atoms with Gasteiger partial charge in [0.05, 0.1) is 17.6 Å². The molecule has 0 aliphatic carbocycles. The number of hydrogen-bond acceptors (Lipinski definition) is 3. The molecule has 0 aliphatic heterocycles. The van der Waals surface area contributed by atoms with E-state index < -0.39 is 0 Å². The highest BCUT2D eigenvalue weighted by Crippen LogP contribution is 2.29. The summed E-state index contributed by atoms with van der Waals surface area (Å²) in [5.41, 5.74) is 9.39. The Kier molecular flexibility index (Phi) is 2.91. The fourth-order valence-corrected chi connectivity index (χ4v) is 2.27. The van der Waals surface area contributed by atoms with Gasteiger partial charge in [-0.2, -0.15) is 5.10 Å². The molecule has 0 bridgehead atoms. The van der Waals surface area contributed by atoms with Crippen LogP contribution in [0.1, 0.15) is 5.56 Å². The smallest absolute Gasteiger partial charge is 0.169 e. The molecule has 1 aromatic carbocycles. The number of aryl methyl sites for hydroxylation is 1. The number of hydrogen-bond donors (Lipinski definition) is 1. The molecule has 2 N–H and O–H groups in total. The van der Waals surface area contributed by atoms with Crippen LogP contribution in [-0.2, 0) is 0 Å². The molecule has 0 spiro atoms. The zero-order valence-electron chi connectivity index (χ0n) is 10.3. The minimum atomic E-state index is 0.588. The first kappa shape index (κ1) is 12.0. The maximum atomic E-state index is 6.01. The summed E-state index contributed by atoms with van der Waals surface area (Å²) in [4.78, 5) is 0. The number of rotatable bonds is 2. The van der Waals surface area contributed by atoms with Crippen LogP contribution >= 0.6 is 15.9 Å². The third-order valence-corrected chi connectivity index (χ3v) is 3.34. The van der Waals surface area contributed by atoms with Crippen LogP contribution in [0.5, 0.6) is 0 Å². The molecule has 0 radical (unpaired) electrons. The van der Waals surface area contributed by atoms with E-state index in [9.17, 15) is 0 Å². The van der Waals surface area contributed by atoms with E-state index in [4.69, 9.17) is 10.2 Å². The molecule has 0 fully saturated rings. The summed E-state index contributed by atoms with van der Waals surface area (Å²) in [6.45, 7) is 2.04. The van der Waals surface area contributed by atoms with Gasteiger partial charge in [-0.25, -0.2) is 4.68 Å². The lowest BCUT2D eigenvalue weighted by Gasteiger charge is -2.04. The number of aromatic nitrogens is 2. The predicted octanol–water partition coefficient (Wildman–Crippen LogP) is 3.79. The van der Waals surface area contributed by atoms with Gasteiger partial charge in [-0.05, 0) is 46.6 Å². The average molecular weight is 318 g/mol. The molecule has 2 aromatic heterocycles. The molecule has 2 heterocycles. The molecule has 0 aliphatic rings. The Bertz CT molecular complexity index is 730. The van der Waals surface area contributed by atoms with E-state index in [1.807, 2.05) is 43.3 Å². The summed E-state index contributed by atoms with van der Waals surface area (Å²) in [6, 6.07) is 11.7. The fourth-order valence-electron chi connectivity index (χ4n) is 1.96. The lowest BCUT2D eigenvalue weighted by molar-refractivity contribution is 0.553. The van der Waals surface area contributed by atoms with Gasteiger partial charge in [0.2, 0.25) is 0 Å². The van der Waals surface area contributed by atoms with Gasteiger partial charge in [0, 0.05) is 0 Å². The number of nitrogen functional groups attached to an aromatic ring is 1. The molecule has 4 nitrogen and oxygen atoms in total. The van der Waals surface area contributed by atoms with E-state index in [-0.39, 0.29) is 0 Å². The van der Waals surface area contributed by atoms with Crippen LogP contribution in [0, 0.1) is 6.92 Å². The number of benzene rings is 1. The number of furan rings is 1. The van der Waals surface area contributed by atoms with E-state index in [0.29, 0.717) is 21.8 Å². The Morgan fingerprint density at radius 3 is 2.68 bits per heavy atom. The SMILES string of the molecule is Cc1ccccc1-n1cc(N)c(-c2ccc(Br)o2)n1. The van der Waals surface area contributed by atoms with E-state index in [1.54, 1.807) is 10.9 Å². The molecule has 3 rings (SSSR count). The van der Waals surface area contributed by atoms with Crippen molar-refractivity contribution in [2.24, 2.45) is 0 Å². The molecule has 0 atom stereocenters. The average Bonchev–Trinajstić information content (AvgIpc) is 2.96. The summed E-state index contributed by atoms with van der Waals surface area (Å²) in [6.07, 6.45) is 1.80. The Labute approximate surface area is 119 Å². The lowest BCUT2D eigenvalue weighted by Crippen LogP contribution is -1.97. The second-order valence-electron chi connectivity index (χ2n) is 4.27. The second-order valence-corrected chi connectivity index (χ2v) is 5.05. The van der Waals surface area contributed by atoms with Crippen LogP contribution in [0.2, 0.25) is 0 Å². The van der Waals surface area contributed by atoms with Crippen LogP contribution in [0.4, 0.5) is 5.69 Å². The monoisotopic (exact) mass is 317 g/mol. The predicted molar refractivity (Wildman–Crippen MR) is 78.1 cm³/mol. The molecule has 0 amide bonds. The Morgan fingerprint density at radius 1 is 1.21 bits per heavy atom. The molecule has 5 heteroatoms. The van der Waals surface area contributed by atoms with Crippen molar-refractivity contribution in [3.8, 4) is 17.1 Å². The molecule has 3 aromatic rings. The van der Waals surface area contributed by atoms with Gasteiger partial charge in [-0.1, -0.05) is 18.2 Å². The molecule has 0 saturated carbocycles. The Hall–Kier alpha value is -2.01. The van der Waals surface area contributed by atoms with Crippen molar-refractivity contribution in [2.45, 2.75) is 6.92 Å². The molecular formula is C14H12BrN3O. The zero-order valence-corrected chi connectivity index (χ0v) is 11.9. The van der Waals surface area contributed by atoms with Crippen molar-refractivity contribution in [3.05, 3.63) is 52.8 Å². The van der Waals surface area contributed by atoms with Gasteiger partial charge in [-0.15, -0.1) is 0 Å². The van der Waals surface area contributed by atoms with E-state index >= 15 is 0 Å². The normalized spacial score (nSPS) is 10.8. The molecule has 19 heavy (non-hydrogen) atoms. The van der Waals surface area contributed by atoms with E-state index in [2.05, 4.69) is 21.0 Å². The van der Waals surface area contributed by atoms with Crippen LogP contribution in [0.15, 0.2) is 51.7 Å². The minimum Gasteiger partial charge on any atom is -0.448 e. The van der Waals surface area contributed by atoms with E-state index in [1.165, 1.54) is 0 Å². The van der Waals surface area contributed by atoms with Crippen molar-refractivity contribution in [3.63, 3.8) is 0 Å². The summed E-state index contributed by atoms with van der Waals surface area (Å²) in [7, 11) is 0. The highest BCUT2D eigenvalue weighted by atomic mass is 79.9. The summed E-state index contributed by atoms with van der Waals surface area (Å²) >= 11 is 3.28. The third-order valence-electron chi connectivity index (χ3n) is 2.91. The van der Waals surface area contributed by atoms with Gasteiger partial charge in [-0.3, -0.25) is 0 Å². The van der Waals surface area contributed by atoms with Gasteiger partial charge < -0.3 is 10.2 Å². The van der Waals surface area contributed by atoms with Gasteiger partial charge in [0.15, 0.2) is 16.1 Å². The summed E-state index contributed by atoms with van der Waals surface area (Å²) in [5, 5.41) is 4.50. The van der Waals surface area contributed by atoms with Crippen LogP contribution in [0.25, 0.3) is 17.1 Å². The van der Waals surface area contributed by atoms with Gasteiger partial charge in [0.1, 0.15) is 0 Å². The maximum absolute atomic E-state index is 6.01. The topological polar surface area (TPSA) is 57.0 Å². The van der Waals surface area contributed by atoms with Gasteiger partial charge >= 0.3 is 0 Å². The van der Waals surface area contributed by atoms with Crippen molar-refractivity contribution in [2.75, 3.05) is 5.73 Å². The van der Waals surface area contributed by atoms with Crippen LogP contribution < -0.4 is 5.73 Å². The highest BCUT2D eigenvalue weighted by Gasteiger charge is 2.13. The highest BCUT2D eigenvalue weighted by molar-refractivity contribution is 9.10. The van der Waals surface area contributed by atoms with Crippen molar-refractivity contribution < 1.29 is 4.42 Å². The summed E-state index contributed by atoms with van der Waals surface area (Å²) < 4.78 is 7.92. The quantitative estimate of drug-likeness (QED) is 0.782. The number of nitrogens with two attached hydrogens (primary N) is 1. The minimum absolute atomic E-state index is 0.588. The number of halogens is 1. The second kappa shape index (κ2) is 4.59. The molecule has 96 valence electrons. The van der Waals surface area contributed by atoms with Crippen molar-refractivity contribution in [1.29, 1.82) is 0 Å². The first-order chi connectivity index (χ1) is 9.15.